The van der Waals surface area contributed by atoms with Crippen LogP contribution in [-0.4, -0.2) is 26.2 Å². The van der Waals surface area contributed by atoms with E-state index in [1.165, 1.54) is 0 Å². The van der Waals surface area contributed by atoms with E-state index < -0.39 is 0 Å². The Morgan fingerprint density at radius 3 is 2.91 bits per heavy atom. The Morgan fingerprint density at radius 1 is 1.73 bits per heavy atom. The van der Waals surface area contributed by atoms with E-state index in [9.17, 15) is 0 Å². The molecule has 0 radical (unpaired) electrons. The molecule has 0 aromatic carbocycles. The lowest BCUT2D eigenvalue weighted by molar-refractivity contribution is 0.463. The molecular weight excluding hydrogens is 162 g/mol. The molecule has 0 fully saturated rings. The highest BCUT2D eigenvalue weighted by Gasteiger charge is 2.04. The summed E-state index contributed by atoms with van der Waals surface area (Å²) in [5.74, 6) is 0. The third-order valence-corrected chi connectivity index (χ3v) is 1.77. The van der Waals surface area contributed by atoms with Crippen LogP contribution >= 0.6 is 12.6 Å². The highest BCUT2D eigenvalue weighted by Crippen LogP contribution is 1.99. The van der Waals surface area contributed by atoms with E-state index in [0.29, 0.717) is 11.7 Å². The van der Waals surface area contributed by atoms with Crippen LogP contribution in [0.15, 0.2) is 5.16 Å². The Morgan fingerprint density at radius 2 is 2.45 bits per heavy atom. The average molecular weight is 173 g/mol. The number of thiol groups is 1. The normalized spacial score (nSPS) is 13.4. The summed E-state index contributed by atoms with van der Waals surface area (Å²) in [5, 5.41) is 11.3. The van der Waals surface area contributed by atoms with Crippen LogP contribution in [0.25, 0.3) is 0 Å². The van der Waals surface area contributed by atoms with E-state index >= 15 is 0 Å². The molecule has 0 aliphatic heterocycles. The minimum absolute atomic E-state index is 0.101. The van der Waals surface area contributed by atoms with Crippen molar-refractivity contribution in [1.29, 1.82) is 0 Å². The van der Waals surface area contributed by atoms with Gasteiger partial charge in [0.25, 0.3) is 0 Å². The van der Waals surface area contributed by atoms with Crippen molar-refractivity contribution in [3.8, 4) is 0 Å². The third-order valence-electron chi connectivity index (χ3n) is 1.44. The molecule has 62 valence electrons. The highest BCUT2D eigenvalue weighted by atomic mass is 32.1. The maximum absolute atomic E-state index is 5.68. The monoisotopic (exact) mass is 173 g/mol. The van der Waals surface area contributed by atoms with Gasteiger partial charge in [-0.05, 0) is 16.8 Å². The van der Waals surface area contributed by atoms with Gasteiger partial charge in [-0.15, -0.1) is 17.7 Å². The van der Waals surface area contributed by atoms with Crippen LogP contribution in [0.5, 0.6) is 0 Å². The van der Waals surface area contributed by atoms with Crippen LogP contribution in [-0.2, 0) is 6.54 Å². The number of aromatic nitrogens is 4. The van der Waals surface area contributed by atoms with Crippen molar-refractivity contribution in [3.63, 3.8) is 0 Å². The van der Waals surface area contributed by atoms with Crippen molar-refractivity contribution in [2.24, 2.45) is 5.73 Å². The molecule has 0 spiro atoms. The molecule has 0 saturated carbocycles. The maximum Gasteiger partial charge on any atom is 0.206 e. The van der Waals surface area contributed by atoms with Gasteiger partial charge in [-0.2, -0.15) is 0 Å². The zero-order valence-electron chi connectivity index (χ0n) is 6.30. The van der Waals surface area contributed by atoms with Crippen LogP contribution < -0.4 is 5.73 Å². The summed E-state index contributed by atoms with van der Waals surface area (Å²) in [6.45, 7) is 2.65. The molecule has 0 aliphatic rings. The molecule has 0 saturated heterocycles. The molecule has 1 aromatic heterocycles. The Labute approximate surface area is 70.4 Å². The summed E-state index contributed by atoms with van der Waals surface area (Å²) in [5.41, 5.74) is 5.68. The Hall–Kier alpha value is -0.620. The standard InChI is InChI=1S/C5H11N5S/c1-2-4(6)3-10-5(11)7-8-9-10/h4H,2-3,6H2,1H3,(H,7,9,11). The summed E-state index contributed by atoms with van der Waals surface area (Å²) < 4.78 is 1.58. The fourth-order valence-electron chi connectivity index (χ4n) is 0.669. The molecule has 1 unspecified atom stereocenters. The number of nitrogens with zero attached hydrogens (tertiary/aromatic N) is 4. The largest absolute Gasteiger partial charge is 0.326 e. The summed E-state index contributed by atoms with van der Waals surface area (Å²) in [4.78, 5) is 0. The predicted octanol–water partition coefficient (Wildman–Crippen LogP) is -0.301. The number of hydrogen-bond acceptors (Lipinski definition) is 5. The van der Waals surface area contributed by atoms with Gasteiger partial charge in [-0.25, -0.2) is 4.68 Å². The number of tetrazole rings is 1. The molecule has 1 atom stereocenters. The first-order valence-electron chi connectivity index (χ1n) is 3.44. The smallest absolute Gasteiger partial charge is 0.206 e. The van der Waals surface area contributed by atoms with Crippen LogP contribution in [0.2, 0.25) is 0 Å². The zero-order chi connectivity index (χ0) is 8.27. The van der Waals surface area contributed by atoms with E-state index in [1.54, 1.807) is 4.68 Å². The highest BCUT2D eigenvalue weighted by molar-refractivity contribution is 7.80. The number of hydrogen-bond donors (Lipinski definition) is 2. The van der Waals surface area contributed by atoms with Gasteiger partial charge in [0.05, 0.1) is 6.54 Å². The van der Waals surface area contributed by atoms with E-state index in [-0.39, 0.29) is 6.04 Å². The van der Waals surface area contributed by atoms with Crippen molar-refractivity contribution in [2.75, 3.05) is 0 Å². The van der Waals surface area contributed by atoms with Gasteiger partial charge in [0.2, 0.25) is 5.16 Å². The summed E-state index contributed by atoms with van der Waals surface area (Å²) in [7, 11) is 0. The topological polar surface area (TPSA) is 69.6 Å². The van der Waals surface area contributed by atoms with E-state index in [2.05, 4.69) is 28.2 Å². The molecule has 1 heterocycles. The molecule has 0 aliphatic carbocycles. The second-order valence-electron chi connectivity index (χ2n) is 2.33. The average Bonchev–Trinajstić information content (AvgIpc) is 2.37. The summed E-state index contributed by atoms with van der Waals surface area (Å²) in [6.07, 6.45) is 0.910. The van der Waals surface area contributed by atoms with Crippen LogP contribution in [0.1, 0.15) is 13.3 Å². The lowest BCUT2D eigenvalue weighted by atomic mass is 10.2. The van der Waals surface area contributed by atoms with Crippen molar-refractivity contribution in [1.82, 2.24) is 20.2 Å². The molecule has 1 aromatic rings. The minimum atomic E-state index is 0.101. The third kappa shape index (κ3) is 2.16. The number of rotatable bonds is 3. The zero-order valence-corrected chi connectivity index (χ0v) is 7.20. The van der Waals surface area contributed by atoms with Gasteiger partial charge >= 0.3 is 0 Å². The maximum atomic E-state index is 5.68. The predicted molar refractivity (Wildman–Crippen MR) is 43.3 cm³/mol. The molecule has 1 rings (SSSR count). The first-order valence-corrected chi connectivity index (χ1v) is 3.89. The number of nitrogens with two attached hydrogens (primary N) is 1. The van der Waals surface area contributed by atoms with Gasteiger partial charge in [0, 0.05) is 6.04 Å². The van der Waals surface area contributed by atoms with E-state index in [4.69, 9.17) is 5.73 Å². The van der Waals surface area contributed by atoms with Gasteiger partial charge in [0.15, 0.2) is 0 Å². The lowest BCUT2D eigenvalue weighted by Crippen LogP contribution is -2.25. The quantitative estimate of drug-likeness (QED) is 0.616. The van der Waals surface area contributed by atoms with Crippen LogP contribution in [0, 0.1) is 0 Å². The van der Waals surface area contributed by atoms with Gasteiger partial charge in [0.1, 0.15) is 0 Å². The Bertz CT molecular complexity index is 222. The SMILES string of the molecule is CCC(N)Cn1nnnc1S. The van der Waals surface area contributed by atoms with Crippen molar-refractivity contribution in [2.45, 2.75) is 31.1 Å². The fourth-order valence-corrected chi connectivity index (χ4v) is 0.831. The molecular formula is C5H11N5S. The molecule has 2 N–H and O–H groups in total. The van der Waals surface area contributed by atoms with Gasteiger partial charge in [-0.1, -0.05) is 6.92 Å². The van der Waals surface area contributed by atoms with Crippen molar-refractivity contribution >= 4 is 12.6 Å². The first-order chi connectivity index (χ1) is 5.24. The van der Waals surface area contributed by atoms with Crippen LogP contribution in [0.4, 0.5) is 0 Å². The van der Waals surface area contributed by atoms with Crippen molar-refractivity contribution in [3.05, 3.63) is 0 Å². The molecule has 0 amide bonds. The van der Waals surface area contributed by atoms with Gasteiger partial charge < -0.3 is 5.73 Å². The van der Waals surface area contributed by atoms with E-state index in [0.717, 1.165) is 6.42 Å². The Balaban J connectivity index is 2.56. The Kier molecular flexibility index (Phi) is 2.84. The lowest BCUT2D eigenvalue weighted by Gasteiger charge is -2.07. The van der Waals surface area contributed by atoms with Gasteiger partial charge in [-0.3, -0.25) is 0 Å². The second-order valence-corrected chi connectivity index (χ2v) is 2.73. The summed E-state index contributed by atoms with van der Waals surface area (Å²) in [6, 6.07) is 0.101. The molecule has 6 heteroatoms. The minimum Gasteiger partial charge on any atom is -0.326 e. The molecule has 5 nitrogen and oxygen atoms in total. The van der Waals surface area contributed by atoms with Crippen molar-refractivity contribution < 1.29 is 0 Å². The first kappa shape index (κ1) is 8.48. The molecule has 0 bridgehead atoms. The van der Waals surface area contributed by atoms with E-state index in [1.807, 2.05) is 6.92 Å². The second kappa shape index (κ2) is 3.68. The molecule has 11 heavy (non-hydrogen) atoms. The van der Waals surface area contributed by atoms with Crippen LogP contribution in [0.3, 0.4) is 0 Å². The fraction of sp³-hybridized carbons (Fsp3) is 0.800. The summed E-state index contributed by atoms with van der Waals surface area (Å²) >= 11 is 4.03.